The molecule has 0 unspecified atom stereocenters. The van der Waals surface area contributed by atoms with Gasteiger partial charge >= 0.3 is 16.1 Å². The third kappa shape index (κ3) is 7.01. The van der Waals surface area contributed by atoms with Gasteiger partial charge in [-0.25, -0.2) is 8.42 Å². The van der Waals surface area contributed by atoms with E-state index in [-0.39, 0.29) is 11.5 Å². The summed E-state index contributed by atoms with van der Waals surface area (Å²) >= 11 is 0. The summed E-state index contributed by atoms with van der Waals surface area (Å²) in [5.74, 6) is -0.0299. The average molecular weight is 593 g/mol. The molecule has 0 fully saturated rings. The van der Waals surface area contributed by atoms with Gasteiger partial charge in [-0.3, -0.25) is 0 Å². The van der Waals surface area contributed by atoms with Gasteiger partial charge in [-0.1, -0.05) is 54.1 Å². The second-order valence-corrected chi connectivity index (χ2v) is 15.2. The molecule has 0 saturated heterocycles. The zero-order chi connectivity index (χ0) is 29.8. The second kappa shape index (κ2) is 12.1. The van der Waals surface area contributed by atoms with Gasteiger partial charge in [0, 0.05) is 14.7 Å². The van der Waals surface area contributed by atoms with Crippen LogP contribution in [0, 0.1) is 20.8 Å². The number of esters is 1. The smallest absolute Gasteiger partial charge is 0.344 e. The van der Waals surface area contributed by atoms with E-state index >= 15 is 0 Å². The van der Waals surface area contributed by atoms with E-state index in [9.17, 15) is 13.2 Å². The predicted molar refractivity (Wildman–Crippen MR) is 162 cm³/mol. The third-order valence-electron chi connectivity index (χ3n) is 6.24. The monoisotopic (exact) mass is 592 g/mol. The van der Waals surface area contributed by atoms with Crippen molar-refractivity contribution in [3.63, 3.8) is 0 Å². The van der Waals surface area contributed by atoms with E-state index in [1.807, 2.05) is 81.4 Å². The molecular formula is C33H36O6S2. The Labute approximate surface area is 244 Å². The van der Waals surface area contributed by atoms with E-state index in [0.29, 0.717) is 10.6 Å². The summed E-state index contributed by atoms with van der Waals surface area (Å²) < 4.78 is 45.5. The Bertz CT molecular complexity index is 1570. The van der Waals surface area contributed by atoms with Gasteiger partial charge in [0.05, 0.1) is 4.90 Å². The predicted octanol–water partition coefficient (Wildman–Crippen LogP) is 7.93. The van der Waals surface area contributed by atoms with Crippen LogP contribution in [-0.4, -0.2) is 26.6 Å². The van der Waals surface area contributed by atoms with Gasteiger partial charge < -0.3 is 9.47 Å². The quantitative estimate of drug-likeness (QED) is 0.184. The van der Waals surface area contributed by atoms with Gasteiger partial charge in [-0.15, -0.1) is 0 Å². The molecule has 0 radical (unpaired) electrons. The lowest BCUT2D eigenvalue weighted by Crippen LogP contribution is -2.27. The first-order valence-corrected chi connectivity index (χ1v) is 16.2. The van der Waals surface area contributed by atoms with E-state index in [1.165, 1.54) is 0 Å². The third-order valence-corrected chi connectivity index (χ3v) is 11.7. The second-order valence-electron chi connectivity index (χ2n) is 10.8. The fourth-order valence-electron chi connectivity index (χ4n) is 4.36. The summed E-state index contributed by atoms with van der Waals surface area (Å²) in [6, 6.07) is 29.1. The van der Waals surface area contributed by atoms with Crippen molar-refractivity contribution in [1.82, 2.24) is 0 Å². The number of hydrogen-bond donors (Lipinski definition) is 0. The molecule has 0 aromatic heterocycles. The van der Waals surface area contributed by atoms with E-state index in [4.69, 9.17) is 13.1 Å². The Hall–Kier alpha value is -3.59. The van der Waals surface area contributed by atoms with Crippen LogP contribution >= 0.6 is 10.3 Å². The lowest BCUT2D eigenvalue weighted by molar-refractivity contribution is -0.157. The highest BCUT2D eigenvalue weighted by molar-refractivity contribution is 8.33. The Kier molecular flexibility index (Phi) is 8.97. The zero-order valence-electron chi connectivity index (χ0n) is 24.2. The summed E-state index contributed by atoms with van der Waals surface area (Å²) in [7, 11) is -7.03. The number of rotatable bonds is 9. The van der Waals surface area contributed by atoms with E-state index in [0.717, 1.165) is 26.5 Å². The molecule has 0 saturated carbocycles. The molecule has 0 aliphatic rings. The molecule has 4 aromatic rings. The Morgan fingerprint density at radius 1 is 0.683 bits per heavy atom. The van der Waals surface area contributed by atoms with Crippen molar-refractivity contribution < 1.29 is 26.3 Å². The molecule has 0 atom stereocenters. The minimum Gasteiger partial charge on any atom is -0.482 e. The fourth-order valence-corrected chi connectivity index (χ4v) is 9.97. The molecule has 0 heterocycles. The number of carbonyl (C=O) groups is 1. The van der Waals surface area contributed by atoms with Crippen LogP contribution in [0.5, 0.6) is 5.75 Å². The molecule has 0 N–H and O–H groups in total. The number of benzene rings is 4. The van der Waals surface area contributed by atoms with Crippen molar-refractivity contribution in [3.05, 3.63) is 114 Å². The van der Waals surface area contributed by atoms with E-state index in [1.54, 1.807) is 57.2 Å². The SMILES string of the molecule is Cc1ccc(S(=O)(=O)OS(c2ccc(OCC(=O)OC(C)(C)C)cc2)(c2ccccc2C)c2ccccc2C)cc1. The first-order valence-electron chi connectivity index (χ1n) is 13.2. The molecule has 4 aromatic carbocycles. The molecule has 41 heavy (non-hydrogen) atoms. The van der Waals surface area contributed by atoms with Crippen LogP contribution in [0.3, 0.4) is 0 Å². The number of hydrogen-bond acceptors (Lipinski definition) is 6. The maximum absolute atomic E-state index is 14.0. The van der Waals surface area contributed by atoms with Crippen LogP contribution in [-0.2, 0) is 23.3 Å². The minimum absolute atomic E-state index is 0.0828. The lowest BCUT2D eigenvalue weighted by Gasteiger charge is -2.41. The van der Waals surface area contributed by atoms with E-state index < -0.39 is 32.0 Å². The first kappa shape index (κ1) is 30.4. The molecule has 0 aliphatic carbocycles. The van der Waals surface area contributed by atoms with Crippen molar-refractivity contribution in [3.8, 4) is 5.75 Å². The van der Waals surface area contributed by atoms with Gasteiger partial charge in [0.15, 0.2) is 6.61 Å². The lowest BCUT2D eigenvalue weighted by atomic mass is 10.2. The highest BCUT2D eigenvalue weighted by Gasteiger charge is 2.40. The summed E-state index contributed by atoms with van der Waals surface area (Å²) in [5.41, 5.74) is 2.13. The largest absolute Gasteiger partial charge is 0.482 e. The zero-order valence-corrected chi connectivity index (χ0v) is 25.8. The van der Waals surface area contributed by atoms with Gasteiger partial charge in [0.1, 0.15) is 11.4 Å². The molecular weight excluding hydrogens is 556 g/mol. The molecule has 6 nitrogen and oxygen atoms in total. The van der Waals surface area contributed by atoms with Gasteiger partial charge in [-0.05, 0) is 112 Å². The first-order chi connectivity index (χ1) is 19.3. The minimum atomic E-state index is -4.22. The van der Waals surface area contributed by atoms with Crippen molar-refractivity contribution in [2.75, 3.05) is 6.61 Å². The highest BCUT2D eigenvalue weighted by Crippen LogP contribution is 2.71. The maximum Gasteiger partial charge on any atom is 0.344 e. The van der Waals surface area contributed by atoms with Gasteiger partial charge in [-0.2, -0.15) is 8.42 Å². The van der Waals surface area contributed by atoms with Crippen molar-refractivity contribution in [2.45, 2.75) is 66.7 Å². The Morgan fingerprint density at radius 3 is 1.66 bits per heavy atom. The number of ether oxygens (including phenoxy) is 2. The molecule has 4 rings (SSSR count). The molecule has 216 valence electrons. The molecule has 0 bridgehead atoms. The molecule has 0 spiro atoms. The van der Waals surface area contributed by atoms with Crippen LogP contribution in [0.1, 0.15) is 37.5 Å². The highest BCUT2D eigenvalue weighted by atomic mass is 32.3. The van der Waals surface area contributed by atoms with Gasteiger partial charge in [0.25, 0.3) is 0 Å². The normalized spacial score (nSPS) is 12.5. The van der Waals surface area contributed by atoms with Crippen LogP contribution in [0.4, 0.5) is 0 Å². The van der Waals surface area contributed by atoms with Crippen molar-refractivity contribution >= 4 is 26.4 Å². The Morgan fingerprint density at radius 2 is 1.17 bits per heavy atom. The summed E-state index contributed by atoms with van der Waals surface area (Å²) in [5, 5.41) is 0. The van der Waals surface area contributed by atoms with Crippen molar-refractivity contribution in [2.24, 2.45) is 0 Å². The Balaban J connectivity index is 1.87. The maximum atomic E-state index is 14.0. The van der Waals surface area contributed by atoms with Crippen LogP contribution in [0.2, 0.25) is 0 Å². The van der Waals surface area contributed by atoms with Crippen LogP contribution in [0.15, 0.2) is 117 Å². The molecule has 0 aliphatic heterocycles. The van der Waals surface area contributed by atoms with Crippen LogP contribution < -0.4 is 4.74 Å². The topological polar surface area (TPSA) is 78.9 Å². The van der Waals surface area contributed by atoms with Gasteiger partial charge in [0.2, 0.25) is 0 Å². The molecule has 0 amide bonds. The van der Waals surface area contributed by atoms with E-state index in [2.05, 4.69) is 0 Å². The number of aryl methyl sites for hydroxylation is 3. The molecule has 8 heteroatoms. The number of carbonyl (C=O) groups excluding carboxylic acids is 1. The summed E-state index contributed by atoms with van der Waals surface area (Å²) in [6.45, 7) is 10.9. The van der Waals surface area contributed by atoms with Crippen LogP contribution in [0.25, 0.3) is 0 Å². The average Bonchev–Trinajstić information content (AvgIpc) is 2.91. The summed E-state index contributed by atoms with van der Waals surface area (Å²) in [4.78, 5) is 14.5. The summed E-state index contributed by atoms with van der Waals surface area (Å²) in [6.07, 6.45) is 0. The standard InChI is InChI=1S/C33H36O6S2/c1-24-15-19-29(20-16-24)41(35,36)39-40(30-13-9-7-11-25(30)2,31-14-10-8-12-26(31)3)28-21-17-27(18-22-28)37-23-32(34)38-33(4,5)6/h7-22H,23H2,1-6H3. The van der Waals surface area contributed by atoms with Crippen molar-refractivity contribution in [1.29, 1.82) is 0 Å². The fraction of sp³-hybridized carbons (Fsp3) is 0.242.